The molecular formula is C13H6F2N2O3. The minimum absolute atomic E-state index is 0.0948. The Morgan fingerprint density at radius 2 is 1.90 bits per heavy atom. The second-order valence-corrected chi connectivity index (χ2v) is 3.73. The summed E-state index contributed by atoms with van der Waals surface area (Å²) in [4.78, 5) is 9.91. The van der Waals surface area contributed by atoms with Crippen molar-refractivity contribution in [3.8, 4) is 17.6 Å². The Balaban J connectivity index is 2.41. The van der Waals surface area contributed by atoms with E-state index in [4.69, 9.17) is 10.00 Å². The molecule has 5 nitrogen and oxygen atoms in total. The molecule has 7 heteroatoms. The number of nitro benzene ring substituents is 1. The van der Waals surface area contributed by atoms with Gasteiger partial charge >= 0.3 is 0 Å². The summed E-state index contributed by atoms with van der Waals surface area (Å²) in [5.41, 5.74) is -0.448. The second kappa shape index (κ2) is 5.32. The number of ether oxygens (including phenoxy) is 1. The Bertz CT molecular complexity index is 726. The SMILES string of the molecule is N#Cc1cc([N+](=O)[O-])ccc1Oc1cc(F)ccc1F. The van der Waals surface area contributed by atoms with Crippen LogP contribution < -0.4 is 4.74 Å². The molecule has 0 fully saturated rings. The maximum Gasteiger partial charge on any atom is 0.271 e. The van der Waals surface area contributed by atoms with Gasteiger partial charge in [0.25, 0.3) is 5.69 Å². The van der Waals surface area contributed by atoms with Crippen LogP contribution in [0.25, 0.3) is 0 Å². The molecule has 0 saturated heterocycles. The number of rotatable bonds is 3. The summed E-state index contributed by atoms with van der Waals surface area (Å²) < 4.78 is 31.5. The first-order chi connectivity index (χ1) is 9.51. The summed E-state index contributed by atoms with van der Waals surface area (Å²) in [7, 11) is 0. The van der Waals surface area contributed by atoms with Crippen LogP contribution in [0.1, 0.15) is 5.56 Å². The van der Waals surface area contributed by atoms with Crippen LogP contribution in [0.4, 0.5) is 14.5 Å². The molecule has 0 aromatic heterocycles. The molecule has 0 aliphatic carbocycles. The van der Waals surface area contributed by atoms with E-state index in [1.54, 1.807) is 6.07 Å². The normalized spacial score (nSPS) is 9.85. The minimum atomic E-state index is -0.811. The number of hydrogen-bond donors (Lipinski definition) is 0. The lowest BCUT2D eigenvalue weighted by molar-refractivity contribution is -0.384. The van der Waals surface area contributed by atoms with Crippen molar-refractivity contribution in [3.63, 3.8) is 0 Å². The molecule has 0 unspecified atom stereocenters. The van der Waals surface area contributed by atoms with E-state index in [2.05, 4.69) is 0 Å². The molecule has 0 radical (unpaired) electrons. The summed E-state index contributed by atoms with van der Waals surface area (Å²) in [6.07, 6.45) is 0. The predicted molar refractivity (Wildman–Crippen MR) is 64.2 cm³/mol. The molecule has 0 saturated carbocycles. The third kappa shape index (κ3) is 2.70. The van der Waals surface area contributed by atoms with Gasteiger partial charge in [-0.1, -0.05) is 0 Å². The molecule has 100 valence electrons. The first-order valence-electron chi connectivity index (χ1n) is 5.32. The van der Waals surface area contributed by atoms with Crippen LogP contribution in [0.15, 0.2) is 36.4 Å². The maximum absolute atomic E-state index is 13.4. The highest BCUT2D eigenvalue weighted by molar-refractivity contribution is 5.51. The molecule has 2 rings (SSSR count). The first kappa shape index (κ1) is 13.4. The first-order valence-corrected chi connectivity index (χ1v) is 5.32. The summed E-state index contributed by atoms with van der Waals surface area (Å²) in [5.74, 6) is -2.02. The molecule has 20 heavy (non-hydrogen) atoms. The quantitative estimate of drug-likeness (QED) is 0.634. The number of nitro groups is 1. The zero-order chi connectivity index (χ0) is 14.7. The van der Waals surface area contributed by atoms with E-state index in [0.717, 1.165) is 36.4 Å². The largest absolute Gasteiger partial charge is 0.453 e. The van der Waals surface area contributed by atoms with Gasteiger partial charge in [-0.25, -0.2) is 8.78 Å². The Morgan fingerprint density at radius 3 is 2.55 bits per heavy atom. The molecule has 0 N–H and O–H groups in total. The van der Waals surface area contributed by atoms with Gasteiger partial charge < -0.3 is 4.74 Å². The number of nitrogens with zero attached hydrogens (tertiary/aromatic N) is 2. The monoisotopic (exact) mass is 276 g/mol. The number of hydrogen-bond acceptors (Lipinski definition) is 4. The standard InChI is InChI=1S/C13H6F2N2O3/c14-9-1-3-11(15)13(6-9)20-12-4-2-10(17(18)19)5-8(12)7-16/h1-6H. The average Bonchev–Trinajstić information content (AvgIpc) is 2.43. The lowest BCUT2D eigenvalue weighted by Crippen LogP contribution is -1.94. The Hall–Kier alpha value is -3.01. The fraction of sp³-hybridized carbons (Fsp3) is 0. The molecule has 0 aliphatic rings. The third-order valence-corrected chi connectivity index (χ3v) is 2.41. The molecular weight excluding hydrogens is 270 g/mol. The minimum Gasteiger partial charge on any atom is -0.453 e. The molecule has 2 aromatic rings. The lowest BCUT2D eigenvalue weighted by Gasteiger charge is -2.08. The smallest absolute Gasteiger partial charge is 0.271 e. The van der Waals surface area contributed by atoms with Crippen molar-refractivity contribution in [1.82, 2.24) is 0 Å². The van der Waals surface area contributed by atoms with E-state index in [9.17, 15) is 18.9 Å². The third-order valence-electron chi connectivity index (χ3n) is 2.41. The zero-order valence-electron chi connectivity index (χ0n) is 9.84. The molecule has 0 amide bonds. The van der Waals surface area contributed by atoms with Crippen LogP contribution in [-0.4, -0.2) is 4.92 Å². The van der Waals surface area contributed by atoms with E-state index >= 15 is 0 Å². The second-order valence-electron chi connectivity index (χ2n) is 3.73. The molecule has 0 bridgehead atoms. The van der Waals surface area contributed by atoms with E-state index in [-0.39, 0.29) is 17.0 Å². The van der Waals surface area contributed by atoms with Gasteiger partial charge in [0, 0.05) is 18.2 Å². The molecule has 0 spiro atoms. The van der Waals surface area contributed by atoms with Gasteiger partial charge in [-0.3, -0.25) is 10.1 Å². The zero-order valence-corrected chi connectivity index (χ0v) is 9.84. The topological polar surface area (TPSA) is 76.2 Å². The van der Waals surface area contributed by atoms with Gasteiger partial charge in [0.15, 0.2) is 11.6 Å². The van der Waals surface area contributed by atoms with Gasteiger partial charge in [0.05, 0.1) is 4.92 Å². The van der Waals surface area contributed by atoms with Crippen LogP contribution >= 0.6 is 0 Å². The highest BCUT2D eigenvalue weighted by Gasteiger charge is 2.14. The number of non-ortho nitro benzene ring substituents is 1. The fourth-order valence-corrected chi connectivity index (χ4v) is 1.48. The van der Waals surface area contributed by atoms with Crippen molar-refractivity contribution >= 4 is 5.69 Å². The van der Waals surface area contributed by atoms with E-state index < -0.39 is 22.3 Å². The Kier molecular flexibility index (Phi) is 3.57. The Morgan fingerprint density at radius 1 is 1.15 bits per heavy atom. The van der Waals surface area contributed by atoms with Crippen LogP contribution in [-0.2, 0) is 0 Å². The van der Waals surface area contributed by atoms with Crippen molar-refractivity contribution in [2.75, 3.05) is 0 Å². The fourth-order valence-electron chi connectivity index (χ4n) is 1.48. The van der Waals surface area contributed by atoms with Gasteiger partial charge in [-0.2, -0.15) is 5.26 Å². The van der Waals surface area contributed by atoms with E-state index in [1.807, 2.05) is 0 Å². The number of halogens is 2. The van der Waals surface area contributed by atoms with Gasteiger partial charge in [-0.05, 0) is 18.2 Å². The number of nitriles is 1. The van der Waals surface area contributed by atoms with Crippen LogP contribution in [0, 0.1) is 33.1 Å². The van der Waals surface area contributed by atoms with Gasteiger partial charge in [-0.15, -0.1) is 0 Å². The average molecular weight is 276 g/mol. The van der Waals surface area contributed by atoms with Crippen molar-refractivity contribution in [2.45, 2.75) is 0 Å². The van der Waals surface area contributed by atoms with Crippen molar-refractivity contribution in [2.24, 2.45) is 0 Å². The van der Waals surface area contributed by atoms with Crippen LogP contribution in [0.2, 0.25) is 0 Å². The van der Waals surface area contributed by atoms with E-state index in [1.165, 1.54) is 0 Å². The van der Waals surface area contributed by atoms with Gasteiger partial charge in [0.2, 0.25) is 0 Å². The predicted octanol–water partition coefficient (Wildman–Crippen LogP) is 3.54. The molecule has 0 heterocycles. The summed E-state index contributed by atoms with van der Waals surface area (Å²) >= 11 is 0. The summed E-state index contributed by atoms with van der Waals surface area (Å²) in [5, 5.41) is 19.5. The van der Waals surface area contributed by atoms with Crippen LogP contribution in [0.5, 0.6) is 11.5 Å². The summed E-state index contributed by atoms with van der Waals surface area (Å²) in [6, 6.07) is 7.56. The summed E-state index contributed by atoms with van der Waals surface area (Å²) in [6.45, 7) is 0. The Labute approximate surface area is 111 Å². The molecule has 0 aliphatic heterocycles. The lowest BCUT2D eigenvalue weighted by atomic mass is 10.2. The number of benzene rings is 2. The highest BCUT2D eigenvalue weighted by atomic mass is 19.1. The van der Waals surface area contributed by atoms with Crippen molar-refractivity contribution in [3.05, 3.63) is 63.7 Å². The van der Waals surface area contributed by atoms with Crippen LogP contribution in [0.3, 0.4) is 0 Å². The van der Waals surface area contributed by atoms with Gasteiger partial charge in [0.1, 0.15) is 23.2 Å². The van der Waals surface area contributed by atoms with Crippen molar-refractivity contribution < 1.29 is 18.4 Å². The van der Waals surface area contributed by atoms with Crippen molar-refractivity contribution in [1.29, 1.82) is 5.26 Å². The highest BCUT2D eigenvalue weighted by Crippen LogP contribution is 2.30. The molecule has 0 atom stereocenters. The maximum atomic E-state index is 13.4. The van der Waals surface area contributed by atoms with E-state index in [0.29, 0.717) is 0 Å². The molecule has 2 aromatic carbocycles.